The molecule has 7 heteroatoms. The molecule has 1 heterocycles. The van der Waals surface area contributed by atoms with Gasteiger partial charge in [0.2, 0.25) is 5.91 Å². The van der Waals surface area contributed by atoms with Crippen LogP contribution in [0.1, 0.15) is 13.8 Å². The average Bonchev–Trinajstić information content (AvgIpc) is 2.17. The molecule has 0 spiro atoms. The fourth-order valence-electron chi connectivity index (χ4n) is 0.937. The highest BCUT2D eigenvalue weighted by Gasteiger charge is 2.22. The minimum atomic E-state index is -0.930. The highest BCUT2D eigenvalue weighted by molar-refractivity contribution is 5.98. The molecule has 0 bridgehead atoms. The molecule has 0 unspecified atom stereocenters. The molecule has 0 saturated heterocycles. The quantitative estimate of drug-likeness (QED) is 0.883. The van der Waals surface area contributed by atoms with Crippen LogP contribution in [0.15, 0.2) is 18.5 Å². The van der Waals surface area contributed by atoms with Gasteiger partial charge < -0.3 is 15.8 Å². The number of carbonyl (C=O) groups excluding carboxylic acids is 1. The van der Waals surface area contributed by atoms with E-state index in [2.05, 4.69) is 10.3 Å². The Morgan fingerprint density at radius 1 is 1.47 bits per heavy atom. The minimum absolute atomic E-state index is 0. The van der Waals surface area contributed by atoms with Gasteiger partial charge in [0.25, 0.3) is 0 Å². The van der Waals surface area contributed by atoms with Gasteiger partial charge in [-0.1, -0.05) is 0 Å². The Morgan fingerprint density at radius 2 is 2.06 bits per heavy atom. The third kappa shape index (κ3) is 5.21. The van der Waals surface area contributed by atoms with Crippen LogP contribution in [-0.4, -0.2) is 23.5 Å². The van der Waals surface area contributed by atoms with Crippen molar-refractivity contribution in [3.05, 3.63) is 18.5 Å². The van der Waals surface area contributed by atoms with Crippen LogP contribution in [0.4, 0.5) is 5.69 Å². The number of hydrogen-bond donors (Lipinski definition) is 2. The molecule has 0 aliphatic carbocycles. The summed E-state index contributed by atoms with van der Waals surface area (Å²) in [6, 6.07) is 1.67. The number of carbonyl (C=O) groups is 1. The molecule has 0 atom stereocenters. The molecule has 3 N–H and O–H groups in total. The third-order valence-corrected chi connectivity index (χ3v) is 1.83. The number of amides is 1. The topological polar surface area (TPSA) is 77.2 Å². The van der Waals surface area contributed by atoms with Gasteiger partial charge >= 0.3 is 0 Å². The fraction of sp³-hybridized carbons (Fsp3) is 0.400. The van der Waals surface area contributed by atoms with E-state index in [0.717, 1.165) is 0 Å². The summed E-state index contributed by atoms with van der Waals surface area (Å²) >= 11 is 0. The zero-order valence-electron chi connectivity index (χ0n) is 9.89. The van der Waals surface area contributed by atoms with Crippen LogP contribution in [0.5, 0.6) is 5.75 Å². The smallest absolute Gasteiger partial charge is 0.244 e. The first-order valence-corrected chi connectivity index (χ1v) is 4.53. The lowest BCUT2D eigenvalue weighted by Crippen LogP contribution is -2.45. The van der Waals surface area contributed by atoms with E-state index in [9.17, 15) is 4.79 Å². The molecule has 0 aliphatic heterocycles. The number of aromatic nitrogens is 1. The summed E-state index contributed by atoms with van der Waals surface area (Å²) in [4.78, 5) is 15.5. The number of pyridine rings is 1. The number of halogens is 2. The van der Waals surface area contributed by atoms with Crippen molar-refractivity contribution in [2.75, 3.05) is 12.4 Å². The summed E-state index contributed by atoms with van der Waals surface area (Å²) in [5.41, 5.74) is 5.23. The van der Waals surface area contributed by atoms with Gasteiger partial charge in [-0.3, -0.25) is 9.78 Å². The minimum Gasteiger partial charge on any atom is -0.494 e. The zero-order chi connectivity index (χ0) is 11.5. The molecule has 1 rings (SSSR count). The normalized spacial score (nSPS) is 9.65. The molecule has 1 aromatic rings. The van der Waals surface area contributed by atoms with Gasteiger partial charge in [-0.2, -0.15) is 0 Å². The molecule has 0 aliphatic rings. The van der Waals surface area contributed by atoms with Crippen LogP contribution in [0.2, 0.25) is 0 Å². The molecule has 98 valence electrons. The summed E-state index contributed by atoms with van der Waals surface area (Å²) in [6.07, 6.45) is 3.10. The van der Waals surface area contributed by atoms with Gasteiger partial charge in [-0.25, -0.2) is 0 Å². The zero-order valence-corrected chi connectivity index (χ0v) is 11.5. The van der Waals surface area contributed by atoms with Crippen LogP contribution >= 0.6 is 24.8 Å². The molecule has 1 amide bonds. The molecule has 0 fully saturated rings. The molecule has 1 aromatic heterocycles. The SMILES string of the molecule is COc1ccncc1NC(=O)C(C)(C)N.Cl.Cl. The standard InChI is InChI=1S/C10H15N3O2.2ClH/c1-10(2,11)9(14)13-7-6-12-5-4-8(7)15-3;;/h4-6H,11H2,1-3H3,(H,13,14);2*1H. The summed E-state index contributed by atoms with van der Waals surface area (Å²) in [5.74, 6) is 0.274. The average molecular weight is 282 g/mol. The van der Waals surface area contributed by atoms with Crippen molar-refractivity contribution in [2.24, 2.45) is 5.73 Å². The van der Waals surface area contributed by atoms with Gasteiger partial charge in [0.05, 0.1) is 18.8 Å². The van der Waals surface area contributed by atoms with Crippen molar-refractivity contribution >= 4 is 36.4 Å². The van der Waals surface area contributed by atoms with E-state index in [1.165, 1.54) is 13.3 Å². The molecule has 0 aromatic carbocycles. The number of methoxy groups -OCH3 is 1. The maximum absolute atomic E-state index is 11.6. The van der Waals surface area contributed by atoms with Crippen LogP contribution in [0.3, 0.4) is 0 Å². The van der Waals surface area contributed by atoms with Crippen LogP contribution in [-0.2, 0) is 4.79 Å². The van der Waals surface area contributed by atoms with Gasteiger partial charge in [-0.15, -0.1) is 24.8 Å². The van der Waals surface area contributed by atoms with Gasteiger partial charge in [-0.05, 0) is 13.8 Å². The maximum atomic E-state index is 11.6. The van der Waals surface area contributed by atoms with Crippen LogP contribution < -0.4 is 15.8 Å². The van der Waals surface area contributed by atoms with E-state index in [4.69, 9.17) is 10.5 Å². The van der Waals surface area contributed by atoms with Crippen molar-refractivity contribution in [1.29, 1.82) is 0 Å². The van der Waals surface area contributed by atoms with E-state index >= 15 is 0 Å². The maximum Gasteiger partial charge on any atom is 0.244 e. The Bertz CT molecular complexity index is 367. The Balaban J connectivity index is 0. The van der Waals surface area contributed by atoms with Crippen molar-refractivity contribution in [3.63, 3.8) is 0 Å². The predicted molar refractivity (Wildman–Crippen MR) is 72.2 cm³/mol. The predicted octanol–water partition coefficient (Wildman–Crippen LogP) is 1.61. The first kappa shape index (κ1) is 18.3. The Morgan fingerprint density at radius 3 is 2.53 bits per heavy atom. The van der Waals surface area contributed by atoms with Crippen molar-refractivity contribution < 1.29 is 9.53 Å². The number of rotatable bonds is 3. The molecule has 5 nitrogen and oxygen atoms in total. The van der Waals surface area contributed by atoms with Gasteiger partial charge in [0.15, 0.2) is 0 Å². The first-order chi connectivity index (χ1) is 6.95. The molecule has 0 radical (unpaired) electrons. The Labute approximate surface area is 113 Å². The molecule has 17 heavy (non-hydrogen) atoms. The number of anilines is 1. The molecular formula is C10H17Cl2N3O2. The monoisotopic (exact) mass is 281 g/mol. The third-order valence-electron chi connectivity index (χ3n) is 1.83. The number of nitrogens with two attached hydrogens (primary N) is 1. The van der Waals surface area contributed by atoms with E-state index in [-0.39, 0.29) is 30.7 Å². The summed E-state index contributed by atoms with van der Waals surface area (Å²) in [7, 11) is 1.53. The highest BCUT2D eigenvalue weighted by Crippen LogP contribution is 2.22. The first-order valence-electron chi connectivity index (χ1n) is 4.53. The highest BCUT2D eigenvalue weighted by atomic mass is 35.5. The van der Waals surface area contributed by atoms with E-state index in [0.29, 0.717) is 11.4 Å². The second-order valence-corrected chi connectivity index (χ2v) is 3.75. The molecular weight excluding hydrogens is 265 g/mol. The van der Waals surface area contributed by atoms with Gasteiger partial charge in [0, 0.05) is 12.3 Å². The summed E-state index contributed by atoms with van der Waals surface area (Å²) < 4.78 is 5.06. The van der Waals surface area contributed by atoms with E-state index < -0.39 is 5.54 Å². The summed E-state index contributed by atoms with van der Waals surface area (Å²) in [6.45, 7) is 3.26. The van der Waals surface area contributed by atoms with Crippen LogP contribution in [0.25, 0.3) is 0 Å². The van der Waals surface area contributed by atoms with Crippen molar-refractivity contribution in [2.45, 2.75) is 19.4 Å². The van der Waals surface area contributed by atoms with Crippen molar-refractivity contribution in [3.8, 4) is 5.75 Å². The summed E-state index contributed by atoms with van der Waals surface area (Å²) in [5, 5.41) is 2.65. The van der Waals surface area contributed by atoms with Gasteiger partial charge in [0.1, 0.15) is 11.4 Å². The Hall–Kier alpha value is -1.04. The fourth-order valence-corrected chi connectivity index (χ4v) is 0.937. The van der Waals surface area contributed by atoms with Crippen LogP contribution in [0, 0.1) is 0 Å². The van der Waals surface area contributed by atoms with Crippen molar-refractivity contribution in [1.82, 2.24) is 4.98 Å². The Kier molecular flexibility index (Phi) is 7.89. The lowest BCUT2D eigenvalue weighted by atomic mass is 10.1. The lowest BCUT2D eigenvalue weighted by Gasteiger charge is -2.18. The van der Waals surface area contributed by atoms with E-state index in [1.807, 2.05) is 0 Å². The number of nitrogens with one attached hydrogen (secondary N) is 1. The number of ether oxygens (including phenoxy) is 1. The second kappa shape index (κ2) is 7.32. The second-order valence-electron chi connectivity index (χ2n) is 3.75. The molecule has 0 saturated carbocycles. The number of nitrogens with zero attached hydrogens (tertiary/aromatic N) is 1. The number of hydrogen-bond acceptors (Lipinski definition) is 4. The largest absolute Gasteiger partial charge is 0.494 e. The lowest BCUT2D eigenvalue weighted by molar-refractivity contribution is -0.120. The van der Waals surface area contributed by atoms with E-state index in [1.54, 1.807) is 26.1 Å².